The van der Waals surface area contributed by atoms with Crippen molar-refractivity contribution >= 4 is 5.91 Å². The maximum Gasteiger partial charge on any atom is 0.220 e. The molecule has 0 bridgehead atoms. The van der Waals surface area contributed by atoms with Crippen molar-refractivity contribution in [2.75, 3.05) is 20.3 Å². The van der Waals surface area contributed by atoms with E-state index in [0.717, 1.165) is 28.4 Å². The summed E-state index contributed by atoms with van der Waals surface area (Å²) in [6.07, 6.45) is 1.04. The van der Waals surface area contributed by atoms with Crippen LogP contribution in [0.4, 0.5) is 0 Å². The number of para-hydroxylation sites is 1. The van der Waals surface area contributed by atoms with Crippen LogP contribution >= 0.6 is 0 Å². The fourth-order valence-electron chi connectivity index (χ4n) is 2.92. The standard InChI is InChI=1S/C22H29NO4/c1-5-26-20-13-11-17(15-21(20)27-6-2)12-14-22(24)23-16(3)18-9-7-8-10-19(18)25-4/h7-11,13,15-16H,5-6,12,14H2,1-4H3,(H,23,24). The Labute approximate surface area is 161 Å². The van der Waals surface area contributed by atoms with Crippen LogP contribution in [-0.4, -0.2) is 26.2 Å². The molecule has 2 aromatic carbocycles. The van der Waals surface area contributed by atoms with Crippen molar-refractivity contribution in [1.29, 1.82) is 0 Å². The van der Waals surface area contributed by atoms with Gasteiger partial charge in [-0.25, -0.2) is 0 Å². The van der Waals surface area contributed by atoms with Gasteiger partial charge in [0.1, 0.15) is 5.75 Å². The fraction of sp³-hybridized carbons (Fsp3) is 0.409. The van der Waals surface area contributed by atoms with Crippen molar-refractivity contribution in [3.63, 3.8) is 0 Å². The zero-order chi connectivity index (χ0) is 19.6. The summed E-state index contributed by atoms with van der Waals surface area (Å²) >= 11 is 0. The average Bonchev–Trinajstić information content (AvgIpc) is 2.68. The topological polar surface area (TPSA) is 56.8 Å². The highest BCUT2D eigenvalue weighted by atomic mass is 16.5. The number of nitrogens with one attached hydrogen (secondary N) is 1. The third-order valence-corrected chi connectivity index (χ3v) is 4.23. The second-order valence-electron chi connectivity index (χ2n) is 6.18. The predicted molar refractivity (Wildman–Crippen MR) is 107 cm³/mol. The van der Waals surface area contributed by atoms with Crippen LogP contribution in [0.3, 0.4) is 0 Å². The van der Waals surface area contributed by atoms with Gasteiger partial charge in [-0.15, -0.1) is 0 Å². The molecule has 0 radical (unpaired) electrons. The summed E-state index contributed by atoms with van der Waals surface area (Å²) < 4.78 is 16.6. The first-order chi connectivity index (χ1) is 13.1. The highest BCUT2D eigenvalue weighted by Gasteiger charge is 2.14. The van der Waals surface area contributed by atoms with Crippen LogP contribution in [0.15, 0.2) is 42.5 Å². The number of amides is 1. The molecule has 0 aromatic heterocycles. The molecule has 0 spiro atoms. The molecule has 1 unspecified atom stereocenters. The van der Waals surface area contributed by atoms with Crippen molar-refractivity contribution < 1.29 is 19.0 Å². The lowest BCUT2D eigenvalue weighted by Crippen LogP contribution is -2.27. The molecule has 0 saturated heterocycles. The summed E-state index contributed by atoms with van der Waals surface area (Å²) in [6, 6.07) is 13.4. The number of ether oxygens (including phenoxy) is 3. The molecule has 1 atom stereocenters. The largest absolute Gasteiger partial charge is 0.496 e. The molecule has 5 heteroatoms. The van der Waals surface area contributed by atoms with Crippen LogP contribution in [-0.2, 0) is 11.2 Å². The van der Waals surface area contributed by atoms with E-state index in [-0.39, 0.29) is 11.9 Å². The minimum absolute atomic E-state index is 0.000232. The Balaban J connectivity index is 1.95. The van der Waals surface area contributed by atoms with Crippen molar-refractivity contribution in [1.82, 2.24) is 5.32 Å². The van der Waals surface area contributed by atoms with Gasteiger partial charge in [-0.1, -0.05) is 24.3 Å². The quantitative estimate of drug-likeness (QED) is 0.676. The van der Waals surface area contributed by atoms with Crippen LogP contribution < -0.4 is 19.5 Å². The van der Waals surface area contributed by atoms with Gasteiger partial charge in [-0.3, -0.25) is 4.79 Å². The maximum atomic E-state index is 12.4. The summed E-state index contributed by atoms with van der Waals surface area (Å²) in [5, 5.41) is 3.04. The molecular formula is C22H29NO4. The van der Waals surface area contributed by atoms with E-state index in [1.165, 1.54) is 0 Å². The van der Waals surface area contributed by atoms with E-state index in [4.69, 9.17) is 14.2 Å². The third kappa shape index (κ3) is 5.91. The number of aryl methyl sites for hydroxylation is 1. The molecule has 1 N–H and O–H groups in total. The number of hydrogen-bond donors (Lipinski definition) is 1. The normalized spacial score (nSPS) is 11.6. The summed E-state index contributed by atoms with van der Waals surface area (Å²) in [7, 11) is 1.63. The summed E-state index contributed by atoms with van der Waals surface area (Å²) in [5.74, 6) is 2.23. The molecule has 5 nitrogen and oxygen atoms in total. The van der Waals surface area contributed by atoms with Crippen molar-refractivity contribution in [3.05, 3.63) is 53.6 Å². The van der Waals surface area contributed by atoms with E-state index in [2.05, 4.69) is 5.32 Å². The Kier molecular flexibility index (Phi) is 7.99. The molecule has 0 heterocycles. The van der Waals surface area contributed by atoms with Crippen LogP contribution in [0.1, 0.15) is 44.4 Å². The lowest BCUT2D eigenvalue weighted by atomic mass is 10.1. The van der Waals surface area contributed by atoms with E-state index in [9.17, 15) is 4.79 Å². The number of carbonyl (C=O) groups is 1. The molecule has 0 aliphatic rings. The van der Waals surface area contributed by atoms with Crippen molar-refractivity contribution in [2.45, 2.75) is 39.7 Å². The second-order valence-corrected chi connectivity index (χ2v) is 6.18. The summed E-state index contributed by atoms with van der Waals surface area (Å²) in [6.45, 7) is 6.99. The molecule has 0 aliphatic heterocycles. The van der Waals surface area contributed by atoms with Gasteiger partial charge in [0.25, 0.3) is 0 Å². The summed E-state index contributed by atoms with van der Waals surface area (Å²) in [4.78, 5) is 12.4. The number of carbonyl (C=O) groups excluding carboxylic acids is 1. The second kappa shape index (κ2) is 10.5. The van der Waals surface area contributed by atoms with Gasteiger partial charge >= 0.3 is 0 Å². The van der Waals surface area contributed by atoms with Crippen molar-refractivity contribution in [3.8, 4) is 17.2 Å². The average molecular weight is 371 g/mol. The van der Waals surface area contributed by atoms with Gasteiger partial charge in [0.05, 0.1) is 26.4 Å². The van der Waals surface area contributed by atoms with E-state index in [1.54, 1.807) is 7.11 Å². The molecule has 27 heavy (non-hydrogen) atoms. The number of methoxy groups -OCH3 is 1. The first-order valence-corrected chi connectivity index (χ1v) is 9.39. The van der Waals surface area contributed by atoms with Gasteiger partial charge in [0.15, 0.2) is 11.5 Å². The predicted octanol–water partition coefficient (Wildman–Crippen LogP) is 4.30. The molecule has 146 valence electrons. The van der Waals surface area contributed by atoms with Crippen LogP contribution in [0.5, 0.6) is 17.2 Å². The number of benzene rings is 2. The van der Waals surface area contributed by atoms with Gasteiger partial charge in [0, 0.05) is 12.0 Å². The highest BCUT2D eigenvalue weighted by Crippen LogP contribution is 2.29. The van der Waals surface area contributed by atoms with E-state index in [1.807, 2.05) is 63.2 Å². The minimum Gasteiger partial charge on any atom is -0.496 e. The Morgan fingerprint density at radius 1 is 1.00 bits per heavy atom. The Morgan fingerprint density at radius 3 is 2.41 bits per heavy atom. The van der Waals surface area contributed by atoms with Crippen LogP contribution in [0.25, 0.3) is 0 Å². The van der Waals surface area contributed by atoms with E-state index < -0.39 is 0 Å². The highest BCUT2D eigenvalue weighted by molar-refractivity contribution is 5.76. The monoisotopic (exact) mass is 371 g/mol. The Bertz CT molecular complexity index is 745. The SMILES string of the molecule is CCOc1ccc(CCC(=O)NC(C)c2ccccc2OC)cc1OCC. The third-order valence-electron chi connectivity index (χ3n) is 4.23. The lowest BCUT2D eigenvalue weighted by Gasteiger charge is -2.17. The van der Waals surface area contributed by atoms with E-state index >= 15 is 0 Å². The first kappa shape index (κ1) is 20.6. The molecule has 0 fully saturated rings. The Morgan fingerprint density at radius 2 is 1.70 bits per heavy atom. The van der Waals surface area contributed by atoms with Gasteiger partial charge < -0.3 is 19.5 Å². The zero-order valence-electron chi connectivity index (χ0n) is 16.6. The molecule has 2 aromatic rings. The van der Waals surface area contributed by atoms with Gasteiger partial charge in [0.2, 0.25) is 5.91 Å². The lowest BCUT2D eigenvalue weighted by molar-refractivity contribution is -0.121. The zero-order valence-corrected chi connectivity index (χ0v) is 16.6. The van der Waals surface area contributed by atoms with Crippen LogP contribution in [0, 0.1) is 0 Å². The minimum atomic E-state index is -0.118. The molecular weight excluding hydrogens is 342 g/mol. The van der Waals surface area contributed by atoms with Gasteiger partial charge in [-0.05, 0) is 51.0 Å². The molecule has 0 saturated carbocycles. The Hall–Kier alpha value is -2.69. The van der Waals surface area contributed by atoms with E-state index in [0.29, 0.717) is 26.1 Å². The number of rotatable bonds is 10. The summed E-state index contributed by atoms with van der Waals surface area (Å²) in [5.41, 5.74) is 2.01. The van der Waals surface area contributed by atoms with Crippen LogP contribution in [0.2, 0.25) is 0 Å². The van der Waals surface area contributed by atoms with Crippen molar-refractivity contribution in [2.24, 2.45) is 0 Å². The molecule has 2 rings (SSSR count). The van der Waals surface area contributed by atoms with Gasteiger partial charge in [-0.2, -0.15) is 0 Å². The molecule has 0 aliphatic carbocycles. The number of hydrogen-bond acceptors (Lipinski definition) is 4. The maximum absolute atomic E-state index is 12.4. The molecule has 1 amide bonds. The smallest absolute Gasteiger partial charge is 0.220 e. The fourth-order valence-corrected chi connectivity index (χ4v) is 2.92. The first-order valence-electron chi connectivity index (χ1n) is 9.39.